The van der Waals surface area contributed by atoms with Gasteiger partial charge in [-0.3, -0.25) is 0 Å². The van der Waals surface area contributed by atoms with Crippen molar-refractivity contribution in [1.82, 2.24) is 0 Å². The number of aliphatic hydroxyl groups excluding tert-OH is 1. The summed E-state index contributed by atoms with van der Waals surface area (Å²) in [5.74, 6) is 0. The van der Waals surface area contributed by atoms with Crippen LogP contribution in [0.4, 0.5) is 0 Å². The zero-order valence-electron chi connectivity index (χ0n) is 6.52. The molecule has 1 atom stereocenters. The van der Waals surface area contributed by atoms with Gasteiger partial charge in [0.15, 0.2) is 0 Å². The first-order valence-electron chi connectivity index (χ1n) is 3.44. The summed E-state index contributed by atoms with van der Waals surface area (Å²) in [4.78, 5) is 0. The molecule has 0 aliphatic rings. The Morgan fingerprint density at radius 1 is 1.56 bits per heavy atom. The van der Waals surface area contributed by atoms with E-state index >= 15 is 0 Å². The van der Waals surface area contributed by atoms with Gasteiger partial charge in [0.25, 0.3) is 0 Å². The molecule has 0 aliphatic carbocycles. The summed E-state index contributed by atoms with van der Waals surface area (Å²) in [5.41, 5.74) is 0.180. The molecule has 0 aromatic heterocycles. The van der Waals surface area contributed by atoms with E-state index in [1.165, 1.54) is 6.42 Å². The van der Waals surface area contributed by atoms with Gasteiger partial charge in [0.2, 0.25) is 0 Å². The normalized spacial score (nSPS) is 15.4. The molecule has 0 saturated heterocycles. The van der Waals surface area contributed by atoms with E-state index in [0.717, 1.165) is 6.42 Å². The Kier molecular flexibility index (Phi) is 4.88. The minimum atomic E-state index is -0.0163. The fourth-order valence-electron chi connectivity index (χ4n) is 0.792. The summed E-state index contributed by atoms with van der Waals surface area (Å²) in [6, 6.07) is 0. The molecule has 2 heteroatoms. The van der Waals surface area contributed by atoms with Crippen LogP contribution in [0.3, 0.4) is 0 Å². The van der Waals surface area contributed by atoms with Crippen molar-refractivity contribution in [1.29, 1.82) is 0 Å². The van der Waals surface area contributed by atoms with Crippen LogP contribution in [0.5, 0.6) is 0 Å². The number of hydrogen-bond acceptors (Lipinski definition) is 1. The monoisotopic (exact) mass is 256 g/mol. The van der Waals surface area contributed by atoms with E-state index < -0.39 is 0 Å². The summed E-state index contributed by atoms with van der Waals surface area (Å²) in [7, 11) is 0. The molecule has 52 valence electrons. The van der Waals surface area contributed by atoms with E-state index in [9.17, 15) is 5.11 Å². The van der Waals surface area contributed by atoms with Crippen LogP contribution in [0.2, 0.25) is 0 Å². The first-order chi connectivity index (χ1) is 4.00. The molecule has 0 spiro atoms. The average Bonchev–Trinajstić information content (AvgIpc) is 1.65. The molecule has 0 radical (unpaired) electrons. The third-order valence-electron chi connectivity index (χ3n) is 1.70. The van der Waals surface area contributed by atoms with Crippen LogP contribution in [0.15, 0.2) is 0 Å². The van der Waals surface area contributed by atoms with Gasteiger partial charge >= 0.3 is 85.0 Å². The Morgan fingerprint density at radius 3 is 2.11 bits per heavy atom. The minimum absolute atomic E-state index is 0.0163. The third kappa shape index (κ3) is 3.90. The molecule has 0 amide bonds. The van der Waals surface area contributed by atoms with Crippen molar-refractivity contribution in [2.75, 3.05) is 0 Å². The fraction of sp³-hybridized carbons (Fsp3) is 1.00. The Morgan fingerprint density at radius 2 is 2.00 bits per heavy atom. The van der Waals surface area contributed by atoms with Gasteiger partial charge in [0.1, 0.15) is 0 Å². The Hall–Kier alpha value is 1.32. The van der Waals surface area contributed by atoms with Gasteiger partial charge in [-0.15, -0.1) is 0 Å². The van der Waals surface area contributed by atoms with Crippen molar-refractivity contribution in [2.24, 2.45) is 5.41 Å². The standard InChI is InChI=1S/C7H15O.Pr/c1-4-5-7(2,3)6-8;/h6,8H,4-5H2,1-3H3;. The molecule has 0 saturated carbocycles. The van der Waals surface area contributed by atoms with Crippen molar-refractivity contribution in [3.8, 4) is 0 Å². The number of aliphatic hydroxyl groups is 1. The quantitative estimate of drug-likeness (QED) is 0.814. The molecular weight excluding hydrogens is 241 g/mol. The SMILES string of the molecule is CCCC(C)(C)[CH](O)[Pr]. The summed E-state index contributed by atoms with van der Waals surface area (Å²) in [6.45, 7) is 6.44. The predicted molar refractivity (Wildman–Crippen MR) is 34.7 cm³/mol. The van der Waals surface area contributed by atoms with Gasteiger partial charge < -0.3 is 0 Å². The van der Waals surface area contributed by atoms with Crippen LogP contribution in [0.1, 0.15) is 33.6 Å². The second-order valence-corrected chi connectivity index (χ2v) is 5.21. The summed E-state index contributed by atoms with van der Waals surface area (Å²) in [5, 5.41) is 9.29. The van der Waals surface area contributed by atoms with E-state index in [4.69, 9.17) is 0 Å². The van der Waals surface area contributed by atoms with E-state index in [0.29, 0.717) is 39.2 Å². The summed E-state index contributed by atoms with van der Waals surface area (Å²) < 4.78 is -0.0163. The van der Waals surface area contributed by atoms with Gasteiger partial charge in [-0.2, -0.15) is 0 Å². The van der Waals surface area contributed by atoms with E-state index in [-0.39, 0.29) is 7.10 Å². The fourth-order valence-corrected chi connectivity index (χ4v) is 1.33. The zero-order valence-corrected chi connectivity index (χ0v) is 10.2. The molecule has 1 nitrogen and oxygen atoms in total. The average molecular weight is 256 g/mol. The van der Waals surface area contributed by atoms with Crippen molar-refractivity contribution < 1.29 is 44.3 Å². The predicted octanol–water partition coefficient (Wildman–Crippen LogP) is 1.68. The van der Waals surface area contributed by atoms with Crippen LogP contribution < -0.4 is 0 Å². The van der Waals surface area contributed by atoms with Crippen molar-refractivity contribution in [2.45, 2.75) is 35.3 Å². The van der Waals surface area contributed by atoms with Crippen LogP contribution in [-0.2, 0) is 0 Å². The first kappa shape index (κ1) is 10.3. The van der Waals surface area contributed by atoms with Crippen molar-refractivity contribution in [3.63, 3.8) is 0 Å². The summed E-state index contributed by atoms with van der Waals surface area (Å²) in [6.07, 6.45) is 2.32. The first-order valence-corrected chi connectivity index (χ1v) is 5.58. The molecule has 0 aromatic carbocycles. The second kappa shape index (κ2) is 4.25. The molecule has 0 fully saturated rings. The Bertz CT molecular complexity index is 79.0. The second-order valence-electron chi connectivity index (χ2n) is 3.18. The Labute approximate surface area is 84.2 Å². The van der Waals surface area contributed by atoms with Gasteiger partial charge in [0, 0.05) is 0 Å². The van der Waals surface area contributed by atoms with Crippen LogP contribution >= 0.6 is 0 Å². The van der Waals surface area contributed by atoms with Crippen LogP contribution in [0.25, 0.3) is 0 Å². The molecule has 1 unspecified atom stereocenters. The van der Waals surface area contributed by atoms with Crippen LogP contribution in [0, 0.1) is 44.6 Å². The van der Waals surface area contributed by atoms with E-state index in [2.05, 4.69) is 20.8 Å². The molecular formula is C7H15OPr. The van der Waals surface area contributed by atoms with Gasteiger partial charge in [-0.25, -0.2) is 0 Å². The zero-order chi connectivity index (χ0) is 7.49. The maximum atomic E-state index is 9.29. The van der Waals surface area contributed by atoms with Gasteiger partial charge in [0.05, 0.1) is 0 Å². The van der Waals surface area contributed by atoms with Gasteiger partial charge in [-0.05, 0) is 0 Å². The van der Waals surface area contributed by atoms with Gasteiger partial charge in [-0.1, -0.05) is 0 Å². The van der Waals surface area contributed by atoms with E-state index in [1.54, 1.807) is 0 Å². The van der Waals surface area contributed by atoms with Crippen molar-refractivity contribution >= 4 is 0 Å². The maximum absolute atomic E-state index is 9.29. The molecule has 0 aromatic rings. The summed E-state index contributed by atoms with van der Waals surface area (Å²) >= 11 is 0.705. The Balaban J connectivity index is 3.70. The third-order valence-corrected chi connectivity index (χ3v) is 4.59. The number of rotatable bonds is 3. The topological polar surface area (TPSA) is 20.2 Å². The number of hydrogen-bond donors (Lipinski definition) is 1. The van der Waals surface area contributed by atoms with Crippen LogP contribution in [-0.4, -0.2) is 6.79 Å². The molecule has 0 aliphatic heterocycles. The molecule has 1 N–H and O–H groups in total. The molecule has 9 heavy (non-hydrogen) atoms. The molecule has 0 rings (SSSR count). The van der Waals surface area contributed by atoms with E-state index in [1.807, 2.05) is 0 Å². The van der Waals surface area contributed by atoms with Crippen molar-refractivity contribution in [3.05, 3.63) is 0 Å². The molecule has 0 bridgehead atoms. The molecule has 0 heterocycles.